The van der Waals surface area contributed by atoms with Crippen LogP contribution < -0.4 is 11.5 Å². The van der Waals surface area contributed by atoms with Crippen LogP contribution in [-0.2, 0) is 13.3 Å². The van der Waals surface area contributed by atoms with Crippen molar-refractivity contribution in [3.63, 3.8) is 0 Å². The lowest BCUT2D eigenvalue weighted by molar-refractivity contribution is 0.123. The third-order valence-electron chi connectivity index (χ3n) is 1.49. The number of thiol groups is 2. The zero-order chi connectivity index (χ0) is 15.2. The van der Waals surface area contributed by atoms with Crippen molar-refractivity contribution < 1.29 is 22.9 Å². The number of hydrogen-bond donors (Lipinski definition) is 4. The number of carbonyl (C=O) groups is 2. The van der Waals surface area contributed by atoms with Crippen molar-refractivity contribution in [2.24, 2.45) is 11.5 Å². The molecule has 0 bridgehead atoms. The molecule has 0 fully saturated rings. The van der Waals surface area contributed by atoms with Gasteiger partial charge in [0, 0.05) is 27.4 Å². The first kappa shape index (κ1) is 22.9. The normalized spacial score (nSPS) is 9.44. The van der Waals surface area contributed by atoms with Gasteiger partial charge in [0.2, 0.25) is 0 Å². The smallest absolute Gasteiger partial charge is 0.377 e. The lowest BCUT2D eigenvalue weighted by Crippen LogP contribution is -2.42. The van der Waals surface area contributed by atoms with E-state index in [9.17, 15) is 0 Å². The van der Waals surface area contributed by atoms with Crippen LogP contribution in [0.3, 0.4) is 0 Å². The molecule has 0 saturated carbocycles. The molecule has 0 spiro atoms. The van der Waals surface area contributed by atoms with Crippen LogP contribution in [0.25, 0.3) is 0 Å². The van der Waals surface area contributed by atoms with Crippen LogP contribution in [0.5, 0.6) is 0 Å². The van der Waals surface area contributed by atoms with Crippen LogP contribution >= 0.6 is 25.3 Å². The molecule has 0 atom stereocenters. The van der Waals surface area contributed by atoms with Crippen molar-refractivity contribution in [2.45, 2.75) is 19.4 Å². The van der Waals surface area contributed by atoms with E-state index in [2.05, 4.69) is 43.6 Å². The standard InChI is InChI=1S/C6H16O3Si.2CH3NOS/c1-5-6-10(7-2,8-3)9-4;2*2-1(3)4/h5-6H2,1-4H3;2*(H3,2,3,4). The summed E-state index contributed by atoms with van der Waals surface area (Å²) in [5.74, 6) is 0. The molecule has 18 heavy (non-hydrogen) atoms. The molecule has 0 aliphatic rings. The highest BCUT2D eigenvalue weighted by Crippen LogP contribution is 2.13. The third-order valence-corrected chi connectivity index (χ3v) is 4.47. The van der Waals surface area contributed by atoms with Gasteiger partial charge in [0.15, 0.2) is 0 Å². The Morgan fingerprint density at radius 1 is 1.00 bits per heavy atom. The average Bonchev–Trinajstić information content (AvgIpc) is 2.25. The Kier molecular flexibility index (Phi) is 18.8. The molecule has 0 aliphatic carbocycles. The predicted molar refractivity (Wildman–Crippen MR) is 79.0 cm³/mol. The van der Waals surface area contributed by atoms with Crippen molar-refractivity contribution in [1.29, 1.82) is 0 Å². The Bertz CT molecular complexity index is 201. The van der Waals surface area contributed by atoms with Gasteiger partial charge in [0.1, 0.15) is 0 Å². The highest BCUT2D eigenvalue weighted by atomic mass is 32.1. The monoisotopic (exact) mass is 318 g/mol. The number of hydrogen-bond acceptors (Lipinski definition) is 5. The molecule has 0 saturated heterocycles. The van der Waals surface area contributed by atoms with Crippen LogP contribution in [0.4, 0.5) is 9.59 Å². The fourth-order valence-electron chi connectivity index (χ4n) is 0.862. The van der Waals surface area contributed by atoms with E-state index >= 15 is 0 Å². The zero-order valence-electron chi connectivity index (χ0n) is 11.0. The SMILES string of the molecule is CCC[Si](OC)(OC)OC.NC(=O)S.NC(=O)S. The maximum absolute atomic E-state index is 9.09. The van der Waals surface area contributed by atoms with Gasteiger partial charge in [-0.3, -0.25) is 9.59 Å². The van der Waals surface area contributed by atoms with E-state index in [0.29, 0.717) is 0 Å². The molecule has 10 heteroatoms. The second-order valence-electron chi connectivity index (χ2n) is 2.72. The quantitative estimate of drug-likeness (QED) is 0.450. The third kappa shape index (κ3) is 21.1. The Balaban J connectivity index is -0.000000233. The molecule has 0 radical (unpaired) electrons. The first-order valence-corrected chi connectivity index (χ1v) is 7.66. The second kappa shape index (κ2) is 14.8. The first-order valence-electron chi connectivity index (χ1n) is 4.83. The topological polar surface area (TPSA) is 114 Å². The molecular formula is C8H22N2O5S2Si. The van der Waals surface area contributed by atoms with E-state index in [0.717, 1.165) is 12.5 Å². The summed E-state index contributed by atoms with van der Waals surface area (Å²) in [5.41, 5.74) is 8.67. The van der Waals surface area contributed by atoms with E-state index < -0.39 is 19.3 Å². The summed E-state index contributed by atoms with van der Waals surface area (Å²) in [5, 5.41) is -1.28. The number of amides is 2. The first-order chi connectivity index (χ1) is 8.21. The second-order valence-corrected chi connectivity index (χ2v) is 6.69. The molecule has 0 heterocycles. The minimum atomic E-state index is -2.22. The van der Waals surface area contributed by atoms with Crippen molar-refractivity contribution in [2.75, 3.05) is 21.3 Å². The lowest BCUT2D eigenvalue weighted by atomic mass is 10.6. The molecule has 2 amide bonds. The van der Waals surface area contributed by atoms with Crippen LogP contribution in [-0.4, -0.2) is 40.6 Å². The van der Waals surface area contributed by atoms with Gasteiger partial charge in [-0.25, -0.2) is 0 Å². The Morgan fingerprint density at radius 2 is 1.22 bits per heavy atom. The van der Waals surface area contributed by atoms with Crippen LogP contribution in [0.15, 0.2) is 0 Å². The van der Waals surface area contributed by atoms with Crippen molar-refractivity contribution in [3.8, 4) is 0 Å². The number of carbonyl (C=O) groups excluding carboxylic acids is 2. The molecular weight excluding hydrogens is 296 g/mol. The molecule has 4 N–H and O–H groups in total. The predicted octanol–water partition coefficient (Wildman–Crippen LogP) is 1.26. The van der Waals surface area contributed by atoms with E-state index in [1.165, 1.54) is 0 Å². The Hall–Kier alpha value is -0.263. The van der Waals surface area contributed by atoms with Gasteiger partial charge in [-0.15, -0.1) is 0 Å². The van der Waals surface area contributed by atoms with Gasteiger partial charge in [0.25, 0.3) is 10.5 Å². The summed E-state index contributed by atoms with van der Waals surface area (Å²) >= 11 is 6.21. The number of nitrogens with two attached hydrogens (primary N) is 2. The molecule has 7 nitrogen and oxygen atoms in total. The van der Waals surface area contributed by atoms with Crippen molar-refractivity contribution in [1.82, 2.24) is 0 Å². The maximum atomic E-state index is 9.09. The van der Waals surface area contributed by atoms with Gasteiger partial charge in [0.05, 0.1) is 0 Å². The highest BCUT2D eigenvalue weighted by Gasteiger charge is 2.36. The fraction of sp³-hybridized carbons (Fsp3) is 0.750. The van der Waals surface area contributed by atoms with Crippen LogP contribution in [0.2, 0.25) is 6.04 Å². The molecule has 0 aliphatic heterocycles. The van der Waals surface area contributed by atoms with Gasteiger partial charge in [-0.2, -0.15) is 0 Å². The van der Waals surface area contributed by atoms with Gasteiger partial charge < -0.3 is 24.7 Å². The van der Waals surface area contributed by atoms with Crippen LogP contribution in [0.1, 0.15) is 13.3 Å². The summed E-state index contributed by atoms with van der Waals surface area (Å²) in [6.07, 6.45) is 1.03. The van der Waals surface area contributed by atoms with Crippen molar-refractivity contribution >= 4 is 44.5 Å². The zero-order valence-corrected chi connectivity index (χ0v) is 13.8. The van der Waals surface area contributed by atoms with Gasteiger partial charge in [-0.05, 0) is 0 Å². The minimum Gasteiger partial charge on any atom is -0.377 e. The summed E-state index contributed by atoms with van der Waals surface area (Å²) in [6.45, 7) is 2.08. The van der Waals surface area contributed by atoms with Crippen LogP contribution in [0, 0.1) is 0 Å². The molecule has 0 rings (SSSR count). The molecule has 0 aromatic carbocycles. The molecule has 0 unspecified atom stereocenters. The number of primary amides is 2. The van der Waals surface area contributed by atoms with E-state index in [1.54, 1.807) is 21.3 Å². The highest BCUT2D eigenvalue weighted by molar-refractivity contribution is 7.96. The number of rotatable bonds is 5. The largest absolute Gasteiger partial charge is 0.500 e. The van der Waals surface area contributed by atoms with Gasteiger partial charge in [-0.1, -0.05) is 38.6 Å². The summed E-state index contributed by atoms with van der Waals surface area (Å²) in [4.78, 5) is 18.2. The lowest BCUT2D eigenvalue weighted by Gasteiger charge is -2.23. The minimum absolute atomic E-state index is 0.639. The fourth-order valence-corrected chi connectivity index (χ4v) is 2.59. The molecule has 0 aromatic heterocycles. The maximum Gasteiger partial charge on any atom is 0.500 e. The Morgan fingerprint density at radius 3 is 1.28 bits per heavy atom. The van der Waals surface area contributed by atoms with E-state index in [1.807, 2.05) is 0 Å². The summed E-state index contributed by atoms with van der Waals surface area (Å²) in [6, 6.07) is 0.885. The summed E-state index contributed by atoms with van der Waals surface area (Å²) in [7, 11) is 2.68. The molecule has 0 aromatic rings. The summed E-state index contributed by atoms with van der Waals surface area (Å²) < 4.78 is 15.5. The average molecular weight is 318 g/mol. The molecule has 110 valence electrons. The van der Waals surface area contributed by atoms with Crippen molar-refractivity contribution in [3.05, 3.63) is 0 Å². The van der Waals surface area contributed by atoms with E-state index in [4.69, 9.17) is 22.9 Å². The van der Waals surface area contributed by atoms with Gasteiger partial charge >= 0.3 is 8.80 Å². The Labute approximate surface area is 120 Å². The van der Waals surface area contributed by atoms with E-state index in [-0.39, 0.29) is 0 Å².